The molecule has 3 aromatic carbocycles. The zero-order chi connectivity index (χ0) is 30.0. The van der Waals surface area contributed by atoms with Gasteiger partial charge in [0, 0.05) is 24.7 Å². The monoisotopic (exact) mass is 580 g/mol. The molecule has 0 saturated heterocycles. The number of nitrogens with one attached hydrogen (secondary N) is 1. The number of nitro benzene ring substituents is 1. The van der Waals surface area contributed by atoms with Gasteiger partial charge in [-0.15, -0.1) is 0 Å². The van der Waals surface area contributed by atoms with Crippen molar-refractivity contribution in [3.63, 3.8) is 0 Å². The van der Waals surface area contributed by atoms with Crippen molar-refractivity contribution >= 4 is 33.2 Å². The van der Waals surface area contributed by atoms with Gasteiger partial charge >= 0.3 is 0 Å². The van der Waals surface area contributed by atoms with Gasteiger partial charge in [0.15, 0.2) is 0 Å². The molecule has 0 unspecified atom stereocenters. The zero-order valence-electron chi connectivity index (χ0n) is 23.5. The van der Waals surface area contributed by atoms with Gasteiger partial charge in [-0.3, -0.25) is 24.0 Å². The van der Waals surface area contributed by atoms with Crippen LogP contribution in [0.2, 0.25) is 0 Å². The standard InChI is InChI=1S/C30H36N4O6S/c1-4-23(3)31-30(36)28(5-2)32(20-19-24-13-8-6-9-14-24)29(35)22-33(25-15-12-16-26(21-25)34(37)38)41(39,40)27-17-10-7-11-18-27/h6-18,21,23,28H,4-5,19-20,22H2,1-3H3,(H,31,36)/t23-,28+/m0/s1. The van der Waals surface area contributed by atoms with Crippen LogP contribution in [0.25, 0.3) is 0 Å². The number of hydrogen-bond donors (Lipinski definition) is 1. The first kappa shape index (κ1) is 31.3. The van der Waals surface area contributed by atoms with Gasteiger partial charge in [-0.25, -0.2) is 8.42 Å². The molecule has 0 fully saturated rings. The van der Waals surface area contributed by atoms with E-state index in [-0.39, 0.29) is 34.8 Å². The van der Waals surface area contributed by atoms with E-state index in [2.05, 4.69) is 5.32 Å². The van der Waals surface area contributed by atoms with Crippen LogP contribution < -0.4 is 9.62 Å². The number of amides is 2. The van der Waals surface area contributed by atoms with Gasteiger partial charge in [-0.1, -0.05) is 68.4 Å². The van der Waals surface area contributed by atoms with Gasteiger partial charge in [0.2, 0.25) is 11.8 Å². The summed E-state index contributed by atoms with van der Waals surface area (Å²) in [6, 6.07) is 21.2. The molecule has 0 saturated carbocycles. The quantitative estimate of drug-likeness (QED) is 0.220. The molecule has 41 heavy (non-hydrogen) atoms. The fraction of sp³-hybridized carbons (Fsp3) is 0.333. The molecule has 0 bridgehead atoms. The Morgan fingerprint density at radius 1 is 0.927 bits per heavy atom. The Labute approximate surface area is 241 Å². The third-order valence-corrected chi connectivity index (χ3v) is 8.60. The zero-order valence-corrected chi connectivity index (χ0v) is 24.3. The maximum absolute atomic E-state index is 14.0. The van der Waals surface area contributed by atoms with Crippen molar-refractivity contribution in [3.8, 4) is 0 Å². The minimum Gasteiger partial charge on any atom is -0.352 e. The summed E-state index contributed by atoms with van der Waals surface area (Å²) in [5.41, 5.74) is 0.606. The number of carbonyl (C=O) groups excluding carboxylic acids is 2. The Bertz CT molecular complexity index is 1430. The van der Waals surface area contributed by atoms with Crippen molar-refractivity contribution in [2.24, 2.45) is 0 Å². The van der Waals surface area contributed by atoms with Gasteiger partial charge in [0.25, 0.3) is 15.7 Å². The van der Waals surface area contributed by atoms with Crippen molar-refractivity contribution in [1.29, 1.82) is 0 Å². The lowest BCUT2D eigenvalue weighted by atomic mass is 10.1. The average Bonchev–Trinajstić information content (AvgIpc) is 2.98. The molecule has 0 aliphatic heterocycles. The average molecular weight is 581 g/mol. The van der Waals surface area contributed by atoms with E-state index in [4.69, 9.17) is 0 Å². The smallest absolute Gasteiger partial charge is 0.271 e. The van der Waals surface area contributed by atoms with Crippen molar-refractivity contribution in [3.05, 3.63) is 101 Å². The van der Waals surface area contributed by atoms with Gasteiger partial charge in [0.1, 0.15) is 12.6 Å². The summed E-state index contributed by atoms with van der Waals surface area (Å²) in [5, 5.41) is 14.4. The third-order valence-electron chi connectivity index (χ3n) is 6.81. The van der Waals surface area contributed by atoms with Crippen molar-refractivity contribution in [1.82, 2.24) is 10.2 Å². The SMILES string of the molecule is CC[C@H](C(=O)N[C@@H](C)CC)N(CCc1ccccc1)C(=O)CN(c1cccc([N+](=O)[O-])c1)S(=O)(=O)c1ccccc1. The minimum atomic E-state index is -4.31. The van der Waals surface area contributed by atoms with Crippen LogP contribution in [0.1, 0.15) is 39.2 Å². The summed E-state index contributed by atoms with van der Waals surface area (Å²) in [7, 11) is -4.31. The van der Waals surface area contributed by atoms with E-state index in [1.165, 1.54) is 35.2 Å². The van der Waals surface area contributed by atoms with Crippen LogP contribution in [-0.4, -0.2) is 55.2 Å². The first-order valence-electron chi connectivity index (χ1n) is 13.5. The van der Waals surface area contributed by atoms with Crippen molar-refractivity contribution in [2.45, 2.75) is 57.0 Å². The second kappa shape index (κ2) is 14.4. The highest BCUT2D eigenvalue weighted by atomic mass is 32.2. The topological polar surface area (TPSA) is 130 Å². The predicted octanol–water partition coefficient (Wildman–Crippen LogP) is 4.55. The largest absolute Gasteiger partial charge is 0.352 e. The fourth-order valence-corrected chi connectivity index (χ4v) is 5.77. The van der Waals surface area contributed by atoms with E-state index in [0.717, 1.165) is 15.9 Å². The van der Waals surface area contributed by atoms with Gasteiger partial charge in [-0.05, 0) is 49.9 Å². The molecule has 11 heteroatoms. The van der Waals surface area contributed by atoms with E-state index in [9.17, 15) is 28.1 Å². The molecular weight excluding hydrogens is 544 g/mol. The highest BCUT2D eigenvalue weighted by Gasteiger charge is 2.34. The first-order chi connectivity index (χ1) is 19.6. The number of non-ortho nitro benzene ring substituents is 1. The summed E-state index contributed by atoms with van der Waals surface area (Å²) in [6.45, 7) is 5.12. The minimum absolute atomic E-state index is 0.0310. The van der Waals surface area contributed by atoms with Crippen molar-refractivity contribution in [2.75, 3.05) is 17.4 Å². The maximum Gasteiger partial charge on any atom is 0.271 e. The Morgan fingerprint density at radius 2 is 1.56 bits per heavy atom. The first-order valence-corrected chi connectivity index (χ1v) is 15.0. The molecule has 0 radical (unpaired) electrons. The fourth-order valence-electron chi connectivity index (χ4n) is 4.35. The molecule has 3 rings (SSSR count). The molecule has 1 N–H and O–H groups in total. The lowest BCUT2D eigenvalue weighted by Crippen LogP contribution is -2.54. The Balaban J connectivity index is 2.04. The molecule has 2 atom stereocenters. The molecule has 0 heterocycles. The van der Waals surface area contributed by atoms with E-state index in [1.54, 1.807) is 25.1 Å². The number of carbonyl (C=O) groups is 2. The van der Waals surface area contributed by atoms with E-state index >= 15 is 0 Å². The third kappa shape index (κ3) is 8.14. The lowest BCUT2D eigenvalue weighted by molar-refractivity contribution is -0.384. The number of rotatable bonds is 14. The van der Waals surface area contributed by atoms with Gasteiger partial charge < -0.3 is 10.2 Å². The summed E-state index contributed by atoms with van der Waals surface area (Å²) >= 11 is 0. The normalized spacial score (nSPS) is 12.7. The second-order valence-corrected chi connectivity index (χ2v) is 11.5. The van der Waals surface area contributed by atoms with Crippen LogP contribution in [0.3, 0.4) is 0 Å². The molecule has 0 spiro atoms. The molecule has 2 amide bonds. The Kier molecular flexibility index (Phi) is 11.0. The van der Waals surface area contributed by atoms with Gasteiger partial charge in [0.05, 0.1) is 15.5 Å². The molecule has 0 aromatic heterocycles. The van der Waals surface area contributed by atoms with E-state index in [1.807, 2.05) is 44.2 Å². The van der Waals surface area contributed by atoms with Crippen LogP contribution in [0, 0.1) is 10.1 Å². The Morgan fingerprint density at radius 3 is 2.15 bits per heavy atom. The van der Waals surface area contributed by atoms with Gasteiger partial charge in [-0.2, -0.15) is 0 Å². The van der Waals surface area contributed by atoms with Crippen LogP contribution in [-0.2, 0) is 26.0 Å². The number of benzene rings is 3. The number of nitrogens with zero attached hydrogens (tertiary/aromatic N) is 3. The lowest BCUT2D eigenvalue weighted by Gasteiger charge is -2.33. The highest BCUT2D eigenvalue weighted by Crippen LogP contribution is 2.27. The van der Waals surface area contributed by atoms with Crippen LogP contribution >= 0.6 is 0 Å². The molecule has 0 aliphatic rings. The molecule has 218 valence electrons. The van der Waals surface area contributed by atoms with E-state index in [0.29, 0.717) is 19.3 Å². The molecule has 0 aliphatic carbocycles. The summed E-state index contributed by atoms with van der Waals surface area (Å²) in [6.07, 6.45) is 1.46. The molecular formula is C30H36N4O6S. The summed E-state index contributed by atoms with van der Waals surface area (Å²) in [4.78, 5) is 39.5. The Hall–Kier alpha value is -4.25. The van der Waals surface area contributed by atoms with Crippen LogP contribution in [0.5, 0.6) is 0 Å². The summed E-state index contributed by atoms with van der Waals surface area (Å²) in [5.74, 6) is -0.922. The number of nitro groups is 1. The predicted molar refractivity (Wildman–Crippen MR) is 158 cm³/mol. The number of hydrogen-bond acceptors (Lipinski definition) is 6. The van der Waals surface area contributed by atoms with Crippen molar-refractivity contribution < 1.29 is 22.9 Å². The van der Waals surface area contributed by atoms with Crippen LogP contribution in [0.15, 0.2) is 89.8 Å². The maximum atomic E-state index is 14.0. The van der Waals surface area contributed by atoms with E-state index < -0.39 is 33.4 Å². The molecule has 10 nitrogen and oxygen atoms in total. The number of sulfonamides is 1. The summed E-state index contributed by atoms with van der Waals surface area (Å²) < 4.78 is 28.5. The molecule has 3 aromatic rings. The second-order valence-electron chi connectivity index (χ2n) is 9.67. The highest BCUT2D eigenvalue weighted by molar-refractivity contribution is 7.92. The van der Waals surface area contributed by atoms with Crippen LogP contribution in [0.4, 0.5) is 11.4 Å². The number of anilines is 1.